The number of piperidine rings is 1. The molecule has 4 rings (SSSR count). The van der Waals surface area contributed by atoms with Crippen LogP contribution in [-0.4, -0.2) is 52.0 Å². The maximum atomic E-state index is 12.5. The van der Waals surface area contributed by atoms with Crippen molar-refractivity contribution >= 4 is 11.8 Å². The van der Waals surface area contributed by atoms with Gasteiger partial charge in [0.1, 0.15) is 0 Å². The van der Waals surface area contributed by atoms with Crippen molar-refractivity contribution in [3.05, 3.63) is 71.3 Å². The van der Waals surface area contributed by atoms with Gasteiger partial charge in [-0.05, 0) is 30.5 Å². The minimum atomic E-state index is -1.01. The van der Waals surface area contributed by atoms with E-state index in [1.165, 1.54) is 10.5 Å². The van der Waals surface area contributed by atoms with Gasteiger partial charge < -0.3 is 5.11 Å². The molecule has 0 bridgehead atoms. The Labute approximate surface area is 152 Å². The van der Waals surface area contributed by atoms with Crippen LogP contribution in [0.4, 0.5) is 0 Å². The minimum Gasteiger partial charge on any atom is -0.388 e. The van der Waals surface area contributed by atoms with E-state index < -0.39 is 5.60 Å². The number of nitrogens with zero attached hydrogens (tertiary/aromatic N) is 2. The van der Waals surface area contributed by atoms with Gasteiger partial charge in [-0.25, -0.2) is 0 Å². The average Bonchev–Trinajstić information content (AvgIpc) is 2.90. The molecule has 0 unspecified atom stereocenters. The van der Waals surface area contributed by atoms with E-state index in [2.05, 4.69) is 17.0 Å². The molecule has 0 aliphatic carbocycles. The second kappa shape index (κ2) is 6.67. The fourth-order valence-electron chi connectivity index (χ4n) is 3.80. The molecular formula is C21H22N2O3. The lowest BCUT2D eigenvalue weighted by Gasteiger charge is -2.39. The number of carbonyl (C=O) groups is 2. The quantitative estimate of drug-likeness (QED) is 0.860. The number of hydrogen-bond acceptors (Lipinski definition) is 4. The Morgan fingerprint density at radius 2 is 1.38 bits per heavy atom. The summed E-state index contributed by atoms with van der Waals surface area (Å²) in [7, 11) is 0. The SMILES string of the molecule is O=C1c2ccccc2C(=O)N1CC1(O)CCN(Cc2ccccc2)CC1. The number of rotatable bonds is 4. The van der Waals surface area contributed by atoms with E-state index in [0.29, 0.717) is 24.0 Å². The predicted molar refractivity (Wildman–Crippen MR) is 97.7 cm³/mol. The van der Waals surface area contributed by atoms with E-state index in [1.54, 1.807) is 24.3 Å². The second-order valence-electron chi connectivity index (χ2n) is 7.23. The van der Waals surface area contributed by atoms with Crippen molar-refractivity contribution in [3.8, 4) is 0 Å². The molecule has 0 spiro atoms. The van der Waals surface area contributed by atoms with E-state index in [1.807, 2.05) is 18.2 Å². The summed E-state index contributed by atoms with van der Waals surface area (Å²) < 4.78 is 0. The van der Waals surface area contributed by atoms with Crippen LogP contribution in [0.3, 0.4) is 0 Å². The molecule has 0 atom stereocenters. The van der Waals surface area contributed by atoms with Crippen LogP contribution in [0, 0.1) is 0 Å². The molecule has 0 aromatic heterocycles. The van der Waals surface area contributed by atoms with E-state index in [-0.39, 0.29) is 18.4 Å². The summed E-state index contributed by atoms with van der Waals surface area (Å²) in [6.07, 6.45) is 1.10. The summed E-state index contributed by atoms with van der Waals surface area (Å²) >= 11 is 0. The zero-order valence-electron chi connectivity index (χ0n) is 14.6. The molecular weight excluding hydrogens is 328 g/mol. The largest absolute Gasteiger partial charge is 0.388 e. The van der Waals surface area contributed by atoms with E-state index in [4.69, 9.17) is 0 Å². The number of amides is 2. The summed E-state index contributed by atoms with van der Waals surface area (Å²) in [5, 5.41) is 11.0. The van der Waals surface area contributed by atoms with Crippen LogP contribution in [-0.2, 0) is 6.54 Å². The Balaban J connectivity index is 1.39. The molecule has 2 amide bonds. The molecule has 1 saturated heterocycles. The van der Waals surface area contributed by atoms with E-state index >= 15 is 0 Å². The lowest BCUT2D eigenvalue weighted by molar-refractivity contribution is -0.0381. The summed E-state index contributed by atoms with van der Waals surface area (Å²) in [5.41, 5.74) is 1.10. The Hall–Kier alpha value is -2.50. The van der Waals surface area contributed by atoms with Crippen molar-refractivity contribution in [3.63, 3.8) is 0 Å². The zero-order valence-corrected chi connectivity index (χ0v) is 14.6. The van der Waals surface area contributed by atoms with Crippen molar-refractivity contribution in [2.75, 3.05) is 19.6 Å². The highest BCUT2D eigenvalue weighted by Crippen LogP contribution is 2.29. The standard InChI is InChI=1S/C21H22N2O3/c24-19-17-8-4-5-9-18(17)20(25)23(19)15-21(26)10-12-22(13-11-21)14-16-6-2-1-3-7-16/h1-9,26H,10-15H2. The van der Waals surface area contributed by atoms with Gasteiger partial charge in [-0.3, -0.25) is 19.4 Å². The van der Waals surface area contributed by atoms with Crippen molar-refractivity contribution < 1.29 is 14.7 Å². The number of benzene rings is 2. The van der Waals surface area contributed by atoms with Crippen molar-refractivity contribution in [1.29, 1.82) is 0 Å². The summed E-state index contributed by atoms with van der Waals surface area (Å²) in [4.78, 5) is 28.5. The fraction of sp³-hybridized carbons (Fsp3) is 0.333. The van der Waals surface area contributed by atoms with Gasteiger partial charge in [0, 0.05) is 19.6 Å². The average molecular weight is 350 g/mol. The molecule has 134 valence electrons. The molecule has 2 aliphatic heterocycles. The number of fused-ring (bicyclic) bond motifs is 1. The summed E-state index contributed by atoms with van der Waals surface area (Å²) in [5.74, 6) is -0.600. The molecule has 1 N–H and O–H groups in total. The Kier molecular flexibility index (Phi) is 4.34. The Morgan fingerprint density at radius 3 is 1.96 bits per heavy atom. The Bertz CT molecular complexity index is 791. The fourth-order valence-corrected chi connectivity index (χ4v) is 3.80. The third-order valence-corrected chi connectivity index (χ3v) is 5.37. The maximum Gasteiger partial charge on any atom is 0.261 e. The minimum absolute atomic E-state index is 0.0680. The highest BCUT2D eigenvalue weighted by Gasteiger charge is 2.42. The monoisotopic (exact) mass is 350 g/mol. The molecule has 2 heterocycles. The van der Waals surface area contributed by atoms with E-state index in [9.17, 15) is 14.7 Å². The van der Waals surface area contributed by atoms with Crippen LogP contribution in [0.2, 0.25) is 0 Å². The summed E-state index contributed by atoms with van der Waals surface area (Å²) in [6, 6.07) is 17.1. The van der Waals surface area contributed by atoms with Gasteiger partial charge in [0.15, 0.2) is 0 Å². The number of imide groups is 1. The number of carbonyl (C=O) groups excluding carboxylic acids is 2. The van der Waals surface area contributed by atoms with Crippen LogP contribution in [0.1, 0.15) is 39.1 Å². The van der Waals surface area contributed by atoms with Crippen LogP contribution >= 0.6 is 0 Å². The van der Waals surface area contributed by atoms with Gasteiger partial charge in [0.25, 0.3) is 11.8 Å². The van der Waals surface area contributed by atoms with Crippen LogP contribution in [0.15, 0.2) is 54.6 Å². The van der Waals surface area contributed by atoms with Crippen molar-refractivity contribution in [1.82, 2.24) is 9.80 Å². The molecule has 1 fully saturated rings. The number of likely N-dealkylation sites (tertiary alicyclic amines) is 1. The van der Waals surface area contributed by atoms with E-state index in [0.717, 1.165) is 19.6 Å². The highest BCUT2D eigenvalue weighted by atomic mass is 16.3. The highest BCUT2D eigenvalue weighted by molar-refractivity contribution is 6.21. The van der Waals surface area contributed by atoms with Crippen molar-refractivity contribution in [2.24, 2.45) is 0 Å². The smallest absolute Gasteiger partial charge is 0.261 e. The first-order valence-electron chi connectivity index (χ1n) is 9.00. The second-order valence-corrected chi connectivity index (χ2v) is 7.23. The van der Waals surface area contributed by atoms with Gasteiger partial charge in [0.05, 0.1) is 23.3 Å². The first-order valence-corrected chi connectivity index (χ1v) is 9.00. The topological polar surface area (TPSA) is 60.9 Å². The number of hydrogen-bond donors (Lipinski definition) is 1. The van der Waals surface area contributed by atoms with Crippen LogP contribution in [0.25, 0.3) is 0 Å². The van der Waals surface area contributed by atoms with Gasteiger partial charge in [-0.15, -0.1) is 0 Å². The molecule has 2 aliphatic rings. The van der Waals surface area contributed by atoms with Crippen molar-refractivity contribution in [2.45, 2.75) is 25.0 Å². The summed E-state index contributed by atoms with van der Waals surface area (Å²) in [6.45, 7) is 2.41. The first kappa shape index (κ1) is 16.9. The van der Waals surface area contributed by atoms with Gasteiger partial charge in [0.2, 0.25) is 0 Å². The van der Waals surface area contributed by atoms with Crippen LogP contribution in [0.5, 0.6) is 0 Å². The van der Waals surface area contributed by atoms with Gasteiger partial charge >= 0.3 is 0 Å². The van der Waals surface area contributed by atoms with Gasteiger partial charge in [-0.1, -0.05) is 42.5 Å². The lowest BCUT2D eigenvalue weighted by atomic mass is 9.90. The molecule has 5 nitrogen and oxygen atoms in total. The van der Waals surface area contributed by atoms with Crippen LogP contribution < -0.4 is 0 Å². The molecule has 5 heteroatoms. The molecule has 2 aromatic rings. The third-order valence-electron chi connectivity index (χ3n) is 5.37. The lowest BCUT2D eigenvalue weighted by Crippen LogP contribution is -2.52. The molecule has 2 aromatic carbocycles. The Morgan fingerprint density at radius 1 is 0.846 bits per heavy atom. The molecule has 26 heavy (non-hydrogen) atoms. The third kappa shape index (κ3) is 3.16. The normalized spacial score (nSPS) is 19.7. The molecule has 0 radical (unpaired) electrons. The van der Waals surface area contributed by atoms with Gasteiger partial charge in [-0.2, -0.15) is 0 Å². The number of β-amino-alcohol motifs (C(OH)–C–C–N with tert-alkyl or cyclic N) is 1. The zero-order chi connectivity index (χ0) is 18.1. The predicted octanol–water partition coefficient (Wildman–Crippen LogP) is 2.31. The first-order chi connectivity index (χ1) is 12.6. The number of aliphatic hydroxyl groups is 1. The molecule has 0 saturated carbocycles. The maximum absolute atomic E-state index is 12.5.